The first kappa shape index (κ1) is 23.1. The molecule has 1 amide bonds. The minimum Gasteiger partial charge on any atom is -0.482 e. The van der Waals surface area contributed by atoms with Crippen molar-refractivity contribution in [3.8, 4) is 11.8 Å². The molecule has 1 unspecified atom stereocenters. The second-order valence-corrected chi connectivity index (χ2v) is 7.83. The first-order valence-corrected chi connectivity index (χ1v) is 10.5. The van der Waals surface area contributed by atoms with Gasteiger partial charge in [0.2, 0.25) is 0 Å². The minimum atomic E-state index is -1.05. The van der Waals surface area contributed by atoms with Crippen LogP contribution in [0.25, 0.3) is 6.08 Å². The van der Waals surface area contributed by atoms with Gasteiger partial charge in [-0.1, -0.05) is 25.5 Å². The standard InChI is InChI=1S/C22H25N3O4S/c1-4-5-19(16-6-8-18(9-7-16)29-14-21(26)27)25(15(2)3)22(28)17(13-23)12-20-24-10-11-30-20/h6-12,15,19H,4-5,14H2,1-3H3,(H,26,27). The number of aliphatic carboxylic acids is 1. The van der Waals surface area contributed by atoms with Crippen molar-refractivity contribution >= 4 is 29.3 Å². The zero-order valence-corrected chi connectivity index (χ0v) is 18.1. The fraction of sp³-hybridized carbons (Fsp3) is 0.364. The Balaban J connectivity index is 2.34. The van der Waals surface area contributed by atoms with Gasteiger partial charge in [-0.2, -0.15) is 5.26 Å². The summed E-state index contributed by atoms with van der Waals surface area (Å²) < 4.78 is 5.19. The highest BCUT2D eigenvalue weighted by molar-refractivity contribution is 7.10. The van der Waals surface area contributed by atoms with Gasteiger partial charge in [-0.15, -0.1) is 11.3 Å². The van der Waals surface area contributed by atoms with Gasteiger partial charge in [0.25, 0.3) is 5.91 Å². The predicted molar refractivity (Wildman–Crippen MR) is 115 cm³/mol. The van der Waals surface area contributed by atoms with Crippen molar-refractivity contribution in [3.63, 3.8) is 0 Å². The lowest BCUT2D eigenvalue weighted by Crippen LogP contribution is -2.40. The number of carbonyl (C=O) groups excluding carboxylic acids is 1. The largest absolute Gasteiger partial charge is 0.482 e. The number of ether oxygens (including phenoxy) is 1. The van der Waals surface area contributed by atoms with Crippen LogP contribution in [-0.4, -0.2) is 39.5 Å². The summed E-state index contributed by atoms with van der Waals surface area (Å²) in [5.74, 6) is -0.942. The van der Waals surface area contributed by atoms with E-state index in [9.17, 15) is 14.9 Å². The molecule has 1 atom stereocenters. The lowest BCUT2D eigenvalue weighted by Gasteiger charge is -2.35. The normalized spacial score (nSPS) is 12.3. The summed E-state index contributed by atoms with van der Waals surface area (Å²) in [4.78, 5) is 29.8. The average molecular weight is 428 g/mol. The molecule has 0 saturated carbocycles. The molecule has 8 heteroatoms. The number of thiazole rings is 1. The maximum atomic E-state index is 13.3. The van der Waals surface area contributed by atoms with E-state index in [0.29, 0.717) is 10.8 Å². The molecule has 0 spiro atoms. The van der Waals surface area contributed by atoms with Gasteiger partial charge in [0.15, 0.2) is 6.61 Å². The van der Waals surface area contributed by atoms with Crippen LogP contribution in [0.5, 0.6) is 5.75 Å². The quantitative estimate of drug-likeness (QED) is 0.448. The lowest BCUT2D eigenvalue weighted by molar-refractivity contribution is -0.139. The second-order valence-electron chi connectivity index (χ2n) is 6.90. The van der Waals surface area contributed by atoms with Gasteiger partial charge in [-0.3, -0.25) is 4.79 Å². The fourth-order valence-electron chi connectivity index (χ4n) is 3.12. The van der Waals surface area contributed by atoms with E-state index in [2.05, 4.69) is 4.98 Å². The van der Waals surface area contributed by atoms with E-state index in [1.165, 1.54) is 17.4 Å². The molecule has 0 aliphatic rings. The Morgan fingerprint density at radius 3 is 2.53 bits per heavy atom. The Morgan fingerprint density at radius 2 is 2.03 bits per heavy atom. The van der Waals surface area contributed by atoms with E-state index in [4.69, 9.17) is 9.84 Å². The Kier molecular flexibility index (Phi) is 8.56. The van der Waals surface area contributed by atoms with E-state index < -0.39 is 12.6 Å². The van der Waals surface area contributed by atoms with Crippen LogP contribution in [0.1, 0.15) is 50.2 Å². The minimum absolute atomic E-state index is 0.0427. The van der Waals surface area contributed by atoms with Gasteiger partial charge in [0.05, 0.1) is 6.04 Å². The zero-order valence-electron chi connectivity index (χ0n) is 17.2. The summed E-state index contributed by atoms with van der Waals surface area (Å²) in [7, 11) is 0. The van der Waals surface area contributed by atoms with Crippen LogP contribution < -0.4 is 4.74 Å². The van der Waals surface area contributed by atoms with Gasteiger partial charge in [-0.05, 0) is 44.0 Å². The molecular formula is C22H25N3O4S. The van der Waals surface area contributed by atoms with Crippen molar-refractivity contribution in [2.45, 2.75) is 45.7 Å². The van der Waals surface area contributed by atoms with Crippen LogP contribution in [0.4, 0.5) is 0 Å². The Labute approximate surface area is 180 Å². The van der Waals surface area contributed by atoms with Crippen LogP contribution in [0.2, 0.25) is 0 Å². The van der Waals surface area contributed by atoms with Crippen molar-refractivity contribution < 1.29 is 19.4 Å². The third-order valence-electron chi connectivity index (χ3n) is 4.39. The number of aromatic nitrogens is 1. The summed E-state index contributed by atoms with van der Waals surface area (Å²) >= 11 is 1.36. The molecule has 0 aliphatic carbocycles. The monoisotopic (exact) mass is 427 g/mol. The summed E-state index contributed by atoms with van der Waals surface area (Å²) in [5.41, 5.74) is 0.939. The first-order chi connectivity index (χ1) is 14.4. The SMILES string of the molecule is CCCC(c1ccc(OCC(=O)O)cc1)N(C(=O)C(C#N)=Cc1nccs1)C(C)C. The first-order valence-electron chi connectivity index (χ1n) is 9.65. The van der Waals surface area contributed by atoms with Crippen molar-refractivity contribution in [2.75, 3.05) is 6.61 Å². The molecule has 30 heavy (non-hydrogen) atoms. The molecule has 0 radical (unpaired) electrons. The van der Waals surface area contributed by atoms with E-state index in [1.807, 2.05) is 39.0 Å². The number of benzene rings is 1. The second kappa shape index (κ2) is 11.1. The van der Waals surface area contributed by atoms with E-state index in [1.54, 1.807) is 28.6 Å². The maximum Gasteiger partial charge on any atom is 0.341 e. The summed E-state index contributed by atoms with van der Waals surface area (Å²) in [6.07, 6.45) is 4.71. The molecule has 2 aromatic rings. The number of hydrogen-bond donors (Lipinski definition) is 1. The number of nitrogens with zero attached hydrogens (tertiary/aromatic N) is 3. The van der Waals surface area contributed by atoms with E-state index >= 15 is 0 Å². The van der Waals surface area contributed by atoms with E-state index in [0.717, 1.165) is 18.4 Å². The Hall–Kier alpha value is -3.18. The lowest BCUT2D eigenvalue weighted by atomic mass is 9.98. The Morgan fingerprint density at radius 1 is 1.33 bits per heavy atom. The molecule has 1 aromatic heterocycles. The predicted octanol–water partition coefficient (Wildman–Crippen LogP) is 4.29. The van der Waals surface area contributed by atoms with Crippen molar-refractivity contribution in [3.05, 3.63) is 52.0 Å². The third kappa shape index (κ3) is 6.16. The molecule has 7 nitrogen and oxygen atoms in total. The number of carboxylic acid groups (broad SMARTS) is 1. The summed E-state index contributed by atoms with van der Waals surface area (Å²) in [6, 6.07) is 8.70. The average Bonchev–Trinajstić information content (AvgIpc) is 3.23. The number of carbonyl (C=O) groups is 2. The summed E-state index contributed by atoms with van der Waals surface area (Å²) in [5, 5.41) is 20.7. The molecule has 0 aliphatic heterocycles. The van der Waals surface area contributed by atoms with Crippen LogP contribution in [-0.2, 0) is 9.59 Å². The highest BCUT2D eigenvalue weighted by atomic mass is 32.1. The smallest absolute Gasteiger partial charge is 0.341 e. The molecule has 2 rings (SSSR count). The van der Waals surface area contributed by atoms with Crippen molar-refractivity contribution in [1.82, 2.24) is 9.88 Å². The molecule has 0 fully saturated rings. The van der Waals surface area contributed by atoms with Crippen LogP contribution >= 0.6 is 11.3 Å². The topological polar surface area (TPSA) is 104 Å². The van der Waals surface area contributed by atoms with Gasteiger partial charge in [0, 0.05) is 17.6 Å². The van der Waals surface area contributed by atoms with Gasteiger partial charge >= 0.3 is 5.97 Å². The fourth-order valence-corrected chi connectivity index (χ4v) is 3.69. The van der Waals surface area contributed by atoms with Crippen molar-refractivity contribution in [2.24, 2.45) is 0 Å². The number of amides is 1. The van der Waals surface area contributed by atoms with Crippen molar-refractivity contribution in [1.29, 1.82) is 5.26 Å². The molecular weight excluding hydrogens is 402 g/mol. The molecule has 0 bridgehead atoms. The number of carboxylic acids is 1. The number of rotatable bonds is 10. The van der Waals surface area contributed by atoms with Gasteiger partial charge in [0.1, 0.15) is 22.4 Å². The van der Waals surface area contributed by atoms with E-state index in [-0.39, 0.29) is 23.6 Å². The zero-order chi connectivity index (χ0) is 22.1. The maximum absolute atomic E-state index is 13.3. The molecule has 1 aromatic carbocycles. The van der Waals surface area contributed by atoms with Crippen LogP contribution in [0.3, 0.4) is 0 Å². The van der Waals surface area contributed by atoms with Gasteiger partial charge in [-0.25, -0.2) is 9.78 Å². The highest BCUT2D eigenvalue weighted by Gasteiger charge is 2.29. The molecule has 0 saturated heterocycles. The molecule has 1 N–H and O–H groups in total. The number of hydrogen-bond acceptors (Lipinski definition) is 6. The highest BCUT2D eigenvalue weighted by Crippen LogP contribution is 2.31. The number of nitriles is 1. The summed E-state index contributed by atoms with van der Waals surface area (Å²) in [6.45, 7) is 5.46. The third-order valence-corrected chi connectivity index (χ3v) is 5.11. The van der Waals surface area contributed by atoms with Gasteiger partial charge < -0.3 is 14.7 Å². The van der Waals surface area contributed by atoms with Crippen LogP contribution in [0, 0.1) is 11.3 Å². The Bertz CT molecular complexity index is 915. The van der Waals surface area contributed by atoms with Crippen LogP contribution in [0.15, 0.2) is 41.4 Å². The molecule has 158 valence electrons. The molecule has 1 heterocycles.